The first-order chi connectivity index (χ1) is 11.8. The lowest BCUT2D eigenvalue weighted by molar-refractivity contribution is -0.147. The molecule has 2 rings (SSSR count). The van der Waals surface area contributed by atoms with Crippen LogP contribution in [0.2, 0.25) is 0 Å². The molecule has 1 aromatic rings. The fourth-order valence-electron chi connectivity index (χ4n) is 3.17. The second-order valence-electron chi connectivity index (χ2n) is 7.33. The zero-order chi connectivity index (χ0) is 18.6. The van der Waals surface area contributed by atoms with E-state index in [-0.39, 0.29) is 11.8 Å². The van der Waals surface area contributed by atoms with Gasteiger partial charge in [0.15, 0.2) is 0 Å². The van der Waals surface area contributed by atoms with Crippen LogP contribution in [0.1, 0.15) is 38.8 Å². The largest absolute Gasteiger partial charge is 0.339 e. The first-order valence-corrected chi connectivity index (χ1v) is 9.21. The lowest BCUT2D eigenvalue weighted by Crippen LogP contribution is -2.53. The lowest BCUT2D eigenvalue weighted by atomic mass is 9.89. The van der Waals surface area contributed by atoms with Crippen molar-refractivity contribution in [2.45, 2.75) is 40.5 Å². The summed E-state index contributed by atoms with van der Waals surface area (Å²) < 4.78 is 0. The van der Waals surface area contributed by atoms with Gasteiger partial charge in [-0.25, -0.2) is 0 Å². The number of hydrogen-bond acceptors (Lipinski definition) is 3. The van der Waals surface area contributed by atoms with E-state index in [9.17, 15) is 9.59 Å². The third-order valence-electron chi connectivity index (χ3n) is 5.13. The fourth-order valence-corrected chi connectivity index (χ4v) is 3.17. The number of benzene rings is 1. The highest BCUT2D eigenvalue weighted by Gasteiger charge is 2.40. The van der Waals surface area contributed by atoms with Crippen molar-refractivity contribution >= 4 is 17.5 Å². The number of rotatable bonds is 5. The Morgan fingerprint density at radius 3 is 2.04 bits per heavy atom. The highest BCUT2D eigenvalue weighted by atomic mass is 16.2. The highest BCUT2D eigenvalue weighted by molar-refractivity contribution is 6.10. The van der Waals surface area contributed by atoms with Crippen molar-refractivity contribution < 1.29 is 9.59 Å². The molecule has 2 amide bonds. The number of aryl methyl sites for hydroxylation is 2. The Morgan fingerprint density at radius 1 is 1.04 bits per heavy atom. The van der Waals surface area contributed by atoms with Crippen LogP contribution in [0.5, 0.6) is 0 Å². The minimum absolute atomic E-state index is 0.0925. The molecule has 1 aliphatic rings. The number of para-hydroxylation sites is 1. The Balaban J connectivity index is 2.18. The minimum Gasteiger partial charge on any atom is -0.339 e. The first kappa shape index (κ1) is 19.4. The third kappa shape index (κ3) is 4.21. The van der Waals surface area contributed by atoms with Crippen molar-refractivity contribution in [3.05, 3.63) is 29.3 Å². The number of nitrogens with one attached hydrogen (secondary N) is 1. The van der Waals surface area contributed by atoms with E-state index in [0.717, 1.165) is 42.7 Å². The van der Waals surface area contributed by atoms with Crippen molar-refractivity contribution in [1.82, 2.24) is 9.80 Å². The monoisotopic (exact) mass is 345 g/mol. The summed E-state index contributed by atoms with van der Waals surface area (Å²) in [7, 11) is 2.05. The third-order valence-corrected chi connectivity index (χ3v) is 5.13. The van der Waals surface area contributed by atoms with Gasteiger partial charge in [-0.15, -0.1) is 0 Å². The Kier molecular flexibility index (Phi) is 6.22. The van der Waals surface area contributed by atoms with Gasteiger partial charge in [0, 0.05) is 31.9 Å². The molecular formula is C20H31N3O2. The second-order valence-corrected chi connectivity index (χ2v) is 7.33. The predicted octanol–water partition coefficient (Wildman–Crippen LogP) is 2.55. The summed E-state index contributed by atoms with van der Waals surface area (Å²) in [6.45, 7) is 10.7. The number of carbonyl (C=O) groups excluding carboxylic acids is 2. The summed E-state index contributed by atoms with van der Waals surface area (Å²) in [6.07, 6.45) is 1.69. The van der Waals surface area contributed by atoms with Gasteiger partial charge in [0.1, 0.15) is 5.41 Å². The molecule has 0 radical (unpaired) electrons. The number of piperazine rings is 1. The zero-order valence-electron chi connectivity index (χ0n) is 16.2. The molecule has 0 aliphatic carbocycles. The Bertz CT molecular complexity index is 610. The molecule has 25 heavy (non-hydrogen) atoms. The number of nitrogens with zero attached hydrogens (tertiary/aromatic N) is 2. The summed E-state index contributed by atoms with van der Waals surface area (Å²) in [6, 6.07) is 6.09. The molecule has 1 fully saturated rings. The molecule has 1 saturated heterocycles. The molecule has 0 unspecified atom stereocenters. The van der Waals surface area contributed by atoms with E-state index < -0.39 is 5.41 Å². The molecule has 0 spiro atoms. The van der Waals surface area contributed by atoms with E-state index in [1.165, 1.54) is 0 Å². The van der Waals surface area contributed by atoms with Crippen molar-refractivity contribution in [1.29, 1.82) is 0 Å². The number of likely N-dealkylation sites (N-methyl/N-ethyl adjacent to an activating group) is 1. The average molecular weight is 345 g/mol. The summed E-state index contributed by atoms with van der Waals surface area (Å²) >= 11 is 0. The minimum atomic E-state index is -1.08. The van der Waals surface area contributed by atoms with Gasteiger partial charge in [0.25, 0.3) is 0 Å². The maximum Gasteiger partial charge on any atom is 0.239 e. The van der Waals surface area contributed by atoms with Gasteiger partial charge < -0.3 is 15.1 Å². The molecule has 1 aliphatic heterocycles. The van der Waals surface area contributed by atoms with E-state index in [0.29, 0.717) is 13.1 Å². The van der Waals surface area contributed by atoms with Crippen molar-refractivity contribution in [2.75, 3.05) is 38.5 Å². The van der Waals surface area contributed by atoms with E-state index in [4.69, 9.17) is 0 Å². The van der Waals surface area contributed by atoms with Crippen molar-refractivity contribution in [3.8, 4) is 0 Å². The highest BCUT2D eigenvalue weighted by Crippen LogP contribution is 2.27. The average Bonchev–Trinajstić information content (AvgIpc) is 2.61. The Morgan fingerprint density at radius 2 is 1.56 bits per heavy atom. The number of amides is 2. The molecule has 5 heteroatoms. The van der Waals surface area contributed by atoms with Crippen LogP contribution in [0.4, 0.5) is 5.69 Å². The summed E-state index contributed by atoms with van der Waals surface area (Å²) in [5, 5.41) is 3.05. The van der Waals surface area contributed by atoms with Crippen molar-refractivity contribution in [2.24, 2.45) is 5.41 Å². The van der Waals surface area contributed by atoms with Gasteiger partial charge in [-0.05, 0) is 44.9 Å². The number of carbonyl (C=O) groups is 2. The normalized spacial score (nSPS) is 16.0. The smallest absolute Gasteiger partial charge is 0.239 e. The molecule has 0 aromatic heterocycles. The van der Waals surface area contributed by atoms with Gasteiger partial charge >= 0.3 is 0 Å². The summed E-state index contributed by atoms with van der Waals surface area (Å²) in [4.78, 5) is 29.9. The lowest BCUT2D eigenvalue weighted by Gasteiger charge is -2.36. The predicted molar refractivity (Wildman–Crippen MR) is 102 cm³/mol. The van der Waals surface area contributed by atoms with Gasteiger partial charge in [0.2, 0.25) is 11.8 Å². The second kappa shape index (κ2) is 8.00. The van der Waals surface area contributed by atoms with Gasteiger partial charge in [0.05, 0.1) is 0 Å². The van der Waals surface area contributed by atoms with Crippen LogP contribution in [-0.4, -0.2) is 54.8 Å². The molecule has 0 saturated carbocycles. The van der Waals surface area contributed by atoms with E-state index in [1.54, 1.807) is 13.8 Å². The SMILES string of the molecule is CCc1cccc(CC)c1NC(=O)C(C)(C)C(=O)N1CCN(C)CC1. The fraction of sp³-hybridized carbons (Fsp3) is 0.600. The van der Waals surface area contributed by atoms with E-state index in [2.05, 4.69) is 24.1 Å². The summed E-state index contributed by atoms with van der Waals surface area (Å²) in [5.74, 6) is -0.322. The number of anilines is 1. The van der Waals surface area contributed by atoms with Gasteiger partial charge in [-0.3, -0.25) is 9.59 Å². The molecule has 1 N–H and O–H groups in total. The maximum absolute atomic E-state index is 12.9. The molecule has 0 atom stereocenters. The maximum atomic E-state index is 12.9. The van der Waals surface area contributed by atoms with Gasteiger partial charge in [-0.2, -0.15) is 0 Å². The number of hydrogen-bond donors (Lipinski definition) is 1. The van der Waals surface area contributed by atoms with Crippen LogP contribution in [0.3, 0.4) is 0 Å². The summed E-state index contributed by atoms with van der Waals surface area (Å²) in [5.41, 5.74) is 2.00. The standard InChI is InChI=1S/C20H31N3O2/c1-6-15-9-8-10-16(7-2)17(15)21-18(24)20(3,4)19(25)23-13-11-22(5)12-14-23/h8-10H,6-7,11-14H2,1-5H3,(H,21,24). The van der Waals surface area contributed by atoms with Crippen LogP contribution in [0.25, 0.3) is 0 Å². The molecule has 138 valence electrons. The van der Waals surface area contributed by atoms with E-state index >= 15 is 0 Å². The first-order valence-electron chi connectivity index (χ1n) is 9.21. The van der Waals surface area contributed by atoms with Crippen LogP contribution in [0.15, 0.2) is 18.2 Å². The Labute approximate surface area is 151 Å². The molecule has 1 heterocycles. The topological polar surface area (TPSA) is 52.7 Å². The Hall–Kier alpha value is -1.88. The zero-order valence-corrected chi connectivity index (χ0v) is 16.2. The van der Waals surface area contributed by atoms with Crippen LogP contribution in [0, 0.1) is 5.41 Å². The molecular weight excluding hydrogens is 314 g/mol. The van der Waals surface area contributed by atoms with Gasteiger partial charge in [-0.1, -0.05) is 32.0 Å². The quantitative estimate of drug-likeness (QED) is 0.835. The van der Waals surface area contributed by atoms with Crippen LogP contribution in [-0.2, 0) is 22.4 Å². The van der Waals surface area contributed by atoms with E-state index in [1.807, 2.05) is 30.1 Å². The molecule has 5 nitrogen and oxygen atoms in total. The molecule has 1 aromatic carbocycles. The van der Waals surface area contributed by atoms with Crippen LogP contribution < -0.4 is 5.32 Å². The van der Waals surface area contributed by atoms with Crippen molar-refractivity contribution in [3.63, 3.8) is 0 Å². The molecule has 0 bridgehead atoms. The van der Waals surface area contributed by atoms with Crippen LogP contribution >= 0.6 is 0 Å².